The minimum atomic E-state index is -0.897. The number of aryl methyl sites for hydroxylation is 1. The number of rotatable bonds is 4. The number of nitrogens with zero attached hydrogens (tertiary/aromatic N) is 1. The molecule has 1 aliphatic rings. The van der Waals surface area contributed by atoms with Crippen LogP contribution in [0.25, 0.3) is 0 Å². The molecule has 3 N–H and O–H groups in total. The Morgan fingerprint density at radius 2 is 1.96 bits per heavy atom. The van der Waals surface area contributed by atoms with Gasteiger partial charge in [-0.25, -0.2) is 0 Å². The molecule has 2 heterocycles. The van der Waals surface area contributed by atoms with Crippen LogP contribution in [0, 0.1) is 0 Å². The van der Waals surface area contributed by atoms with Gasteiger partial charge in [-0.1, -0.05) is 0 Å². The van der Waals surface area contributed by atoms with Gasteiger partial charge in [0.25, 0.3) is 0 Å². The first-order valence-corrected chi connectivity index (χ1v) is 7.82. The topological polar surface area (TPSA) is 102 Å². The number of ether oxygens (including phenoxy) is 2. The molecule has 0 aliphatic carbocycles. The Balaban J connectivity index is 1.54. The number of fused-ring (bicyclic) bond motifs is 1. The van der Waals surface area contributed by atoms with E-state index < -0.39 is 17.9 Å². The fourth-order valence-corrected chi connectivity index (χ4v) is 2.50. The molecule has 8 heteroatoms. The van der Waals surface area contributed by atoms with Crippen LogP contribution in [0.5, 0.6) is 11.5 Å². The summed E-state index contributed by atoms with van der Waals surface area (Å²) in [6.45, 7) is 0.845. The van der Waals surface area contributed by atoms with Crippen LogP contribution in [0.3, 0.4) is 0 Å². The predicted molar refractivity (Wildman–Crippen MR) is 89.4 cm³/mol. The summed E-state index contributed by atoms with van der Waals surface area (Å²) >= 11 is 0. The van der Waals surface area contributed by atoms with Gasteiger partial charge in [-0.15, -0.1) is 0 Å². The zero-order chi connectivity index (χ0) is 17.8. The summed E-state index contributed by atoms with van der Waals surface area (Å²) in [5.74, 6) is -0.540. The van der Waals surface area contributed by atoms with Gasteiger partial charge in [0.15, 0.2) is 11.5 Å². The highest BCUT2D eigenvalue weighted by Gasteiger charge is 2.18. The van der Waals surface area contributed by atoms with E-state index in [1.807, 2.05) is 0 Å². The summed E-state index contributed by atoms with van der Waals surface area (Å²) in [4.78, 5) is 23.9. The lowest BCUT2D eigenvalue weighted by Gasteiger charge is -2.19. The molecule has 1 atom stereocenters. The minimum absolute atomic E-state index is 0.0642. The summed E-state index contributed by atoms with van der Waals surface area (Å²) in [6.07, 6.45) is 0.889. The van der Waals surface area contributed by atoms with E-state index in [-0.39, 0.29) is 6.54 Å². The number of aliphatic hydroxyl groups is 1. The van der Waals surface area contributed by atoms with E-state index in [2.05, 4.69) is 10.6 Å². The van der Waals surface area contributed by atoms with Gasteiger partial charge in [-0.2, -0.15) is 0 Å². The third kappa shape index (κ3) is 3.92. The van der Waals surface area contributed by atoms with Gasteiger partial charge in [0, 0.05) is 37.2 Å². The molecule has 3 rings (SSSR count). The molecule has 1 unspecified atom stereocenters. The lowest BCUT2D eigenvalue weighted by atomic mass is 10.2. The first kappa shape index (κ1) is 16.8. The van der Waals surface area contributed by atoms with Gasteiger partial charge >= 0.3 is 11.8 Å². The van der Waals surface area contributed by atoms with Gasteiger partial charge in [0.1, 0.15) is 19.3 Å². The first-order valence-electron chi connectivity index (χ1n) is 7.82. The largest absolute Gasteiger partial charge is 0.486 e. The number of anilines is 1. The Morgan fingerprint density at radius 1 is 1.20 bits per heavy atom. The molecule has 2 amide bonds. The second kappa shape index (κ2) is 7.27. The normalized spacial score (nSPS) is 13.8. The predicted octanol–water partition coefficient (Wildman–Crippen LogP) is 0.585. The van der Waals surface area contributed by atoms with E-state index in [0.29, 0.717) is 36.1 Å². The van der Waals surface area contributed by atoms with Crippen LogP contribution in [0.1, 0.15) is 11.8 Å². The van der Waals surface area contributed by atoms with Crippen LogP contribution < -0.4 is 20.1 Å². The van der Waals surface area contributed by atoms with Crippen molar-refractivity contribution >= 4 is 17.5 Å². The summed E-state index contributed by atoms with van der Waals surface area (Å²) in [5.41, 5.74) is 1.07. The zero-order valence-corrected chi connectivity index (χ0v) is 13.7. The standard InChI is InChI=1S/C17H19N3O5/c1-20-6-2-3-12(20)13(21)10-18-16(22)17(23)19-11-4-5-14-15(9-11)25-8-7-24-14/h2-6,9,13,21H,7-8,10H2,1H3,(H,18,22)(H,19,23). The van der Waals surface area contributed by atoms with Gasteiger partial charge in [-0.05, 0) is 24.3 Å². The SMILES string of the molecule is Cn1cccc1C(O)CNC(=O)C(=O)Nc1ccc2c(c1)OCCO2. The monoisotopic (exact) mass is 345 g/mol. The fraction of sp³-hybridized carbons (Fsp3) is 0.294. The smallest absolute Gasteiger partial charge is 0.313 e. The van der Waals surface area contributed by atoms with Crippen molar-refractivity contribution in [2.45, 2.75) is 6.10 Å². The molecule has 8 nitrogen and oxygen atoms in total. The van der Waals surface area contributed by atoms with E-state index in [0.717, 1.165) is 0 Å². The van der Waals surface area contributed by atoms with Crippen LogP contribution >= 0.6 is 0 Å². The quantitative estimate of drug-likeness (QED) is 0.704. The van der Waals surface area contributed by atoms with Crippen LogP contribution in [0.15, 0.2) is 36.5 Å². The highest BCUT2D eigenvalue weighted by molar-refractivity contribution is 6.39. The summed E-state index contributed by atoms with van der Waals surface area (Å²) < 4.78 is 12.6. The van der Waals surface area contributed by atoms with Crippen LogP contribution in [0.4, 0.5) is 5.69 Å². The molecule has 0 spiro atoms. The van der Waals surface area contributed by atoms with E-state index in [1.54, 1.807) is 48.1 Å². The van der Waals surface area contributed by atoms with Gasteiger partial charge in [0.05, 0.1) is 0 Å². The number of benzene rings is 1. The number of nitrogens with one attached hydrogen (secondary N) is 2. The molecule has 0 fully saturated rings. The van der Waals surface area contributed by atoms with Crippen molar-refractivity contribution in [3.63, 3.8) is 0 Å². The van der Waals surface area contributed by atoms with Crippen molar-refractivity contribution in [2.75, 3.05) is 25.1 Å². The van der Waals surface area contributed by atoms with E-state index in [4.69, 9.17) is 9.47 Å². The van der Waals surface area contributed by atoms with Crippen molar-refractivity contribution in [1.29, 1.82) is 0 Å². The van der Waals surface area contributed by atoms with Gasteiger partial charge in [-0.3, -0.25) is 9.59 Å². The van der Waals surface area contributed by atoms with E-state index in [1.165, 1.54) is 0 Å². The lowest BCUT2D eigenvalue weighted by molar-refractivity contribution is -0.136. The molecule has 25 heavy (non-hydrogen) atoms. The maximum atomic E-state index is 12.0. The molecular formula is C17H19N3O5. The molecule has 1 aliphatic heterocycles. The number of hydrogen-bond donors (Lipinski definition) is 3. The number of aliphatic hydroxyl groups excluding tert-OH is 1. The maximum Gasteiger partial charge on any atom is 0.313 e. The van der Waals surface area contributed by atoms with Gasteiger partial charge in [0.2, 0.25) is 0 Å². The lowest BCUT2D eigenvalue weighted by Crippen LogP contribution is -2.37. The van der Waals surface area contributed by atoms with Crippen LogP contribution in [-0.2, 0) is 16.6 Å². The summed E-state index contributed by atoms with van der Waals surface area (Å²) in [6, 6.07) is 8.41. The highest BCUT2D eigenvalue weighted by atomic mass is 16.6. The second-order valence-corrected chi connectivity index (χ2v) is 5.58. The number of hydrogen-bond acceptors (Lipinski definition) is 5. The third-order valence-corrected chi connectivity index (χ3v) is 3.79. The number of carbonyl (C=O) groups is 2. The number of aromatic nitrogens is 1. The molecule has 2 aromatic rings. The zero-order valence-electron chi connectivity index (χ0n) is 13.7. The third-order valence-electron chi connectivity index (χ3n) is 3.79. The highest BCUT2D eigenvalue weighted by Crippen LogP contribution is 2.32. The second-order valence-electron chi connectivity index (χ2n) is 5.58. The molecule has 132 valence electrons. The van der Waals surface area contributed by atoms with Gasteiger partial charge < -0.3 is 29.8 Å². The Labute approximate surface area is 144 Å². The summed E-state index contributed by atoms with van der Waals surface area (Å²) in [7, 11) is 1.79. The molecular weight excluding hydrogens is 326 g/mol. The Kier molecular flexibility index (Phi) is 4.90. The minimum Gasteiger partial charge on any atom is -0.486 e. The first-order chi connectivity index (χ1) is 12.0. The van der Waals surface area contributed by atoms with E-state index in [9.17, 15) is 14.7 Å². The van der Waals surface area contributed by atoms with E-state index >= 15 is 0 Å². The fourth-order valence-electron chi connectivity index (χ4n) is 2.50. The molecule has 1 aromatic carbocycles. The number of amides is 2. The average molecular weight is 345 g/mol. The summed E-state index contributed by atoms with van der Waals surface area (Å²) in [5, 5.41) is 14.9. The molecule has 0 bridgehead atoms. The van der Waals surface area contributed by atoms with Crippen LogP contribution in [-0.4, -0.2) is 41.2 Å². The Morgan fingerprint density at radius 3 is 2.68 bits per heavy atom. The average Bonchev–Trinajstić information content (AvgIpc) is 3.05. The molecule has 0 radical (unpaired) electrons. The van der Waals surface area contributed by atoms with Crippen molar-refractivity contribution in [1.82, 2.24) is 9.88 Å². The molecule has 1 aromatic heterocycles. The maximum absolute atomic E-state index is 12.0. The van der Waals surface area contributed by atoms with Crippen molar-refractivity contribution in [2.24, 2.45) is 7.05 Å². The number of carbonyl (C=O) groups excluding carboxylic acids is 2. The Bertz CT molecular complexity index is 786. The molecule has 0 saturated heterocycles. The molecule has 0 saturated carbocycles. The van der Waals surface area contributed by atoms with Crippen molar-refractivity contribution < 1.29 is 24.2 Å². The van der Waals surface area contributed by atoms with Crippen molar-refractivity contribution in [3.8, 4) is 11.5 Å². The Hall–Kier alpha value is -3.00. The van der Waals surface area contributed by atoms with Crippen LogP contribution in [0.2, 0.25) is 0 Å². The van der Waals surface area contributed by atoms with Crippen molar-refractivity contribution in [3.05, 3.63) is 42.2 Å².